The molecule has 2 atom stereocenters. The number of esters is 1. The quantitative estimate of drug-likeness (QED) is 0.733. The van der Waals surface area contributed by atoms with Crippen molar-refractivity contribution in [3.8, 4) is 0 Å². The summed E-state index contributed by atoms with van der Waals surface area (Å²) < 4.78 is 19.3. The standard InChI is InChI=1S/C19H32N2O6/c1-18(2,3)15-21(16(23)24)13(14(22)26-15)11-12-7-9-20(10-8-12)17(25)27-19(4,5)6/h12-13,15H,7-11H2,1-6H3,(H,23,24)/t13-,15+/m0/s1/i13D. The first-order valence-corrected chi connectivity index (χ1v) is 9.36. The van der Waals surface area contributed by atoms with Gasteiger partial charge in [-0.15, -0.1) is 0 Å². The Morgan fingerprint density at radius 1 is 1.22 bits per heavy atom. The van der Waals surface area contributed by atoms with Gasteiger partial charge in [0.05, 0.1) is 1.37 Å². The third-order valence-corrected chi connectivity index (χ3v) is 4.67. The molecule has 2 aliphatic heterocycles. The van der Waals surface area contributed by atoms with Gasteiger partial charge < -0.3 is 19.5 Å². The second-order valence-electron chi connectivity index (χ2n) is 9.34. The number of carbonyl (C=O) groups is 3. The van der Waals surface area contributed by atoms with Crippen molar-refractivity contribution in [1.82, 2.24) is 9.80 Å². The monoisotopic (exact) mass is 385 g/mol. The number of rotatable bonds is 2. The molecular formula is C19H32N2O6. The minimum Gasteiger partial charge on any atom is -0.465 e. The van der Waals surface area contributed by atoms with E-state index in [-0.39, 0.29) is 18.4 Å². The van der Waals surface area contributed by atoms with Crippen LogP contribution < -0.4 is 0 Å². The van der Waals surface area contributed by atoms with Crippen LogP contribution in [-0.4, -0.2) is 64.0 Å². The summed E-state index contributed by atoms with van der Waals surface area (Å²) in [6, 6.07) is -1.97. The Kier molecular flexibility index (Phi) is 5.53. The lowest BCUT2D eigenvalue weighted by molar-refractivity contribution is -0.147. The fourth-order valence-corrected chi connectivity index (χ4v) is 3.34. The van der Waals surface area contributed by atoms with Crippen LogP contribution >= 0.6 is 0 Å². The highest BCUT2D eigenvalue weighted by Crippen LogP contribution is 2.36. The summed E-state index contributed by atoms with van der Waals surface area (Å²) in [5.74, 6) is -0.895. The predicted octanol–water partition coefficient (Wildman–Crippen LogP) is 3.30. The fourth-order valence-electron chi connectivity index (χ4n) is 3.34. The molecule has 0 bridgehead atoms. The van der Waals surface area contributed by atoms with E-state index in [0.717, 1.165) is 4.90 Å². The molecule has 0 aromatic carbocycles. The number of carboxylic acid groups (broad SMARTS) is 1. The highest BCUT2D eigenvalue weighted by Gasteiger charge is 2.50. The zero-order valence-electron chi connectivity index (χ0n) is 18.1. The van der Waals surface area contributed by atoms with Crippen molar-refractivity contribution in [1.29, 1.82) is 0 Å². The smallest absolute Gasteiger partial charge is 0.410 e. The molecular weight excluding hydrogens is 352 g/mol. The van der Waals surface area contributed by atoms with Gasteiger partial charge in [0.1, 0.15) is 11.6 Å². The maximum atomic E-state index is 12.5. The molecule has 0 spiro atoms. The van der Waals surface area contributed by atoms with E-state index >= 15 is 0 Å². The zero-order chi connectivity index (χ0) is 21.5. The molecule has 0 unspecified atom stereocenters. The van der Waals surface area contributed by atoms with Gasteiger partial charge in [0, 0.05) is 18.5 Å². The molecule has 2 fully saturated rings. The van der Waals surface area contributed by atoms with Crippen molar-refractivity contribution >= 4 is 18.2 Å². The van der Waals surface area contributed by atoms with Crippen molar-refractivity contribution in [3.63, 3.8) is 0 Å². The first-order valence-electron chi connectivity index (χ1n) is 9.86. The summed E-state index contributed by atoms with van der Waals surface area (Å²) in [4.78, 5) is 38.9. The van der Waals surface area contributed by atoms with Crippen LogP contribution in [0.1, 0.15) is 62.2 Å². The largest absolute Gasteiger partial charge is 0.465 e. The summed E-state index contributed by atoms with van der Waals surface area (Å²) in [7, 11) is 0. The van der Waals surface area contributed by atoms with Crippen molar-refractivity contribution in [2.45, 2.75) is 78.7 Å². The predicted molar refractivity (Wildman–Crippen MR) is 98.1 cm³/mol. The van der Waals surface area contributed by atoms with Gasteiger partial charge in [0.2, 0.25) is 0 Å². The van der Waals surface area contributed by atoms with Gasteiger partial charge in [-0.25, -0.2) is 14.4 Å². The second kappa shape index (κ2) is 7.56. The van der Waals surface area contributed by atoms with E-state index in [1.54, 1.807) is 46.4 Å². The Balaban J connectivity index is 2.06. The number of amides is 2. The van der Waals surface area contributed by atoms with E-state index in [1.807, 2.05) is 0 Å². The fraction of sp³-hybridized carbons (Fsp3) is 0.842. The number of carbonyl (C=O) groups excluding carboxylic acids is 2. The first kappa shape index (κ1) is 19.8. The van der Waals surface area contributed by atoms with Gasteiger partial charge in [-0.3, -0.25) is 4.90 Å². The molecule has 154 valence electrons. The molecule has 8 nitrogen and oxygen atoms in total. The number of ether oxygens (including phenoxy) is 2. The molecule has 27 heavy (non-hydrogen) atoms. The first-order chi connectivity index (χ1) is 12.6. The number of hydrogen-bond acceptors (Lipinski definition) is 5. The number of cyclic esters (lactones) is 1. The Labute approximate surface area is 162 Å². The van der Waals surface area contributed by atoms with Crippen LogP contribution in [0.5, 0.6) is 0 Å². The Hall–Kier alpha value is -1.99. The third kappa shape index (κ3) is 5.26. The summed E-state index contributed by atoms with van der Waals surface area (Å²) in [5, 5.41) is 9.66. The number of piperidine rings is 1. The van der Waals surface area contributed by atoms with Crippen LogP contribution in [0.15, 0.2) is 0 Å². The number of hydrogen-bond donors (Lipinski definition) is 1. The molecule has 8 heteroatoms. The van der Waals surface area contributed by atoms with Crippen LogP contribution in [0.2, 0.25) is 0 Å². The number of nitrogens with zero attached hydrogens (tertiary/aromatic N) is 2. The maximum absolute atomic E-state index is 12.5. The Morgan fingerprint density at radius 3 is 2.22 bits per heavy atom. The third-order valence-electron chi connectivity index (χ3n) is 4.67. The Bertz CT molecular complexity index is 633. The average molecular weight is 385 g/mol. The lowest BCUT2D eigenvalue weighted by atomic mass is 9.89. The van der Waals surface area contributed by atoms with Crippen LogP contribution in [-0.2, 0) is 14.3 Å². The maximum Gasteiger partial charge on any atom is 0.410 e. The van der Waals surface area contributed by atoms with Crippen molar-refractivity contribution in [3.05, 3.63) is 0 Å². The molecule has 2 amide bonds. The molecule has 1 N–H and O–H groups in total. The van der Waals surface area contributed by atoms with Crippen LogP contribution in [0.25, 0.3) is 0 Å². The minimum absolute atomic E-state index is 0.0485. The minimum atomic E-state index is -1.97. The lowest BCUT2D eigenvalue weighted by Gasteiger charge is -2.35. The molecule has 0 saturated carbocycles. The lowest BCUT2D eigenvalue weighted by Crippen LogP contribution is -2.48. The number of likely N-dealkylation sites (tertiary alicyclic amines) is 1. The molecule has 2 rings (SSSR count). The Morgan fingerprint density at radius 2 is 1.78 bits per heavy atom. The van der Waals surface area contributed by atoms with E-state index < -0.39 is 35.3 Å². The van der Waals surface area contributed by atoms with E-state index in [1.165, 1.54) is 0 Å². The summed E-state index contributed by atoms with van der Waals surface area (Å²) in [5.41, 5.74) is -1.21. The molecule has 0 aliphatic carbocycles. The molecule has 0 radical (unpaired) electrons. The van der Waals surface area contributed by atoms with Gasteiger partial charge >= 0.3 is 18.2 Å². The van der Waals surface area contributed by atoms with Crippen LogP contribution in [0, 0.1) is 11.3 Å². The summed E-state index contributed by atoms with van der Waals surface area (Å²) in [6.07, 6.45) is -1.54. The van der Waals surface area contributed by atoms with Crippen molar-refractivity contribution < 1.29 is 30.3 Å². The van der Waals surface area contributed by atoms with E-state index in [2.05, 4.69) is 0 Å². The van der Waals surface area contributed by atoms with Crippen LogP contribution in [0.3, 0.4) is 0 Å². The van der Waals surface area contributed by atoms with Crippen LogP contribution in [0.4, 0.5) is 9.59 Å². The highest BCUT2D eigenvalue weighted by atomic mass is 16.6. The van der Waals surface area contributed by atoms with Gasteiger partial charge in [-0.05, 0) is 46.0 Å². The summed E-state index contributed by atoms with van der Waals surface area (Å²) in [6.45, 7) is 11.6. The van der Waals surface area contributed by atoms with Crippen molar-refractivity contribution in [2.24, 2.45) is 11.3 Å². The SMILES string of the molecule is [2H][C@]1(CC2CCN(C(=O)OC(C)(C)C)CC2)C(=O)O[C@H](C(C)(C)C)N1C(=O)O. The zero-order valence-corrected chi connectivity index (χ0v) is 17.1. The van der Waals surface area contributed by atoms with Gasteiger partial charge in [-0.2, -0.15) is 0 Å². The molecule has 2 heterocycles. The average Bonchev–Trinajstić information content (AvgIpc) is 2.78. The molecule has 2 aliphatic rings. The van der Waals surface area contributed by atoms with Gasteiger partial charge in [0.25, 0.3) is 0 Å². The molecule has 2 saturated heterocycles. The van der Waals surface area contributed by atoms with Gasteiger partial charge in [-0.1, -0.05) is 20.8 Å². The summed E-state index contributed by atoms with van der Waals surface area (Å²) >= 11 is 0. The van der Waals surface area contributed by atoms with E-state index in [9.17, 15) is 19.5 Å². The van der Waals surface area contributed by atoms with Gasteiger partial charge in [0.15, 0.2) is 6.23 Å². The second-order valence-corrected chi connectivity index (χ2v) is 9.34. The molecule has 0 aromatic heterocycles. The highest BCUT2D eigenvalue weighted by molar-refractivity contribution is 5.84. The normalized spacial score (nSPS) is 28.0. The molecule has 0 aromatic rings. The van der Waals surface area contributed by atoms with Crippen molar-refractivity contribution in [2.75, 3.05) is 13.1 Å². The topological polar surface area (TPSA) is 96.4 Å². The van der Waals surface area contributed by atoms with E-state index in [4.69, 9.17) is 10.8 Å². The van der Waals surface area contributed by atoms with E-state index in [0.29, 0.717) is 25.9 Å².